The minimum atomic E-state index is -1.65. The Balaban J connectivity index is 4.38. The third-order valence-corrected chi connectivity index (χ3v) is 17.0. The molecule has 1 saturated heterocycles. The van der Waals surface area contributed by atoms with Crippen molar-refractivity contribution in [3.8, 4) is 0 Å². The molecule has 5 N–H and O–H groups in total. The van der Waals surface area contributed by atoms with Gasteiger partial charge < -0.3 is 70.1 Å². The second-order valence-corrected chi connectivity index (χ2v) is 27.0. The van der Waals surface area contributed by atoms with Crippen LogP contribution in [-0.4, -0.2) is 252 Å². The number of allylic oxidation sites excluding steroid dienone is 2. The van der Waals surface area contributed by atoms with Gasteiger partial charge in [-0.15, -0.1) is 0 Å². The molecular formula is C66H117N11O15. The smallest absolute Gasteiger partial charge is 0.302 e. The topological polar surface area (TPSA) is 314 Å². The Labute approximate surface area is 548 Å². The van der Waals surface area contributed by atoms with Gasteiger partial charge in [-0.3, -0.25) is 57.5 Å². The number of rotatable bonds is 20. The number of carbonyl (C=O) groups excluding carboxylic acids is 12. The fourth-order valence-corrected chi connectivity index (χ4v) is 11.2. The molecule has 0 aromatic carbocycles. The molecule has 26 nitrogen and oxygen atoms in total. The van der Waals surface area contributed by atoms with Crippen LogP contribution in [0.1, 0.15) is 163 Å². The number of unbranched alkanes of at least 4 members (excludes halogenated alkanes) is 1. The molecule has 13 atom stereocenters. The minimum absolute atomic E-state index is 0.0238. The molecule has 1 aliphatic rings. The maximum atomic E-state index is 15.2. The summed E-state index contributed by atoms with van der Waals surface area (Å²) in [5.41, 5.74) is 0. The van der Waals surface area contributed by atoms with E-state index in [4.69, 9.17) is 9.47 Å². The van der Waals surface area contributed by atoms with Crippen LogP contribution in [0.25, 0.3) is 0 Å². The first kappa shape index (κ1) is 83.3. The van der Waals surface area contributed by atoms with Crippen LogP contribution in [-0.2, 0) is 67.0 Å². The fraction of sp³-hybridized carbons (Fsp3) is 0.788. The average molecular weight is 1300 g/mol. The molecule has 1 aliphatic heterocycles. The second-order valence-electron chi connectivity index (χ2n) is 27.0. The SMILES string of the molecule is C/C=C/C[C@@H](C)[C@@H](O)[C@@H]1C(=O)N[C@@H](CC)C(=O)N(C)CC(=O)N(C)[C@@H]([C@@H](C)OCCCCOC(C)=O)C(=O)N[C@@H](C(C)C)C(=O)N(C)[C@@H](CC(C)C)C(=O)N[C@@H](C)C(=O)N[C@H](C)C(=O)N(C)[C@@H](CC(C)C)C(=O)N(C)[C@@H](CC(C)C)C(=O)N(C)[C@@H](C(C)C)C(=O)N1C. The van der Waals surface area contributed by atoms with Crippen molar-refractivity contribution >= 4 is 70.9 Å². The Hall–Kier alpha value is -6.70. The molecule has 92 heavy (non-hydrogen) atoms. The molecule has 0 radical (unpaired) electrons. The number of esters is 1. The van der Waals surface area contributed by atoms with E-state index < -0.39 is 168 Å². The number of aliphatic hydroxyl groups excluding tert-OH is 1. The zero-order chi connectivity index (χ0) is 71.1. The number of hydrogen-bond donors (Lipinski definition) is 5. The van der Waals surface area contributed by atoms with Crippen molar-refractivity contribution in [3.05, 3.63) is 12.2 Å². The number of aliphatic hydroxyl groups is 1. The number of nitrogens with zero attached hydrogens (tertiary/aromatic N) is 7. The van der Waals surface area contributed by atoms with Gasteiger partial charge in [0.2, 0.25) is 65.0 Å². The Morgan fingerprint density at radius 2 is 1.00 bits per heavy atom. The summed E-state index contributed by atoms with van der Waals surface area (Å²) >= 11 is 0. The maximum absolute atomic E-state index is 15.2. The predicted octanol–water partition coefficient (Wildman–Crippen LogP) is 2.97. The minimum Gasteiger partial charge on any atom is -0.466 e. The first-order valence-corrected chi connectivity index (χ1v) is 32.7. The summed E-state index contributed by atoms with van der Waals surface area (Å²) in [6.45, 7) is 28.2. The van der Waals surface area contributed by atoms with Gasteiger partial charge >= 0.3 is 5.97 Å². The predicted molar refractivity (Wildman–Crippen MR) is 350 cm³/mol. The number of nitrogens with one attached hydrogen (secondary N) is 4. The quantitative estimate of drug-likeness (QED) is 0.0665. The molecule has 0 aromatic rings. The second kappa shape index (κ2) is 39.1. The van der Waals surface area contributed by atoms with Gasteiger partial charge in [0.1, 0.15) is 60.4 Å². The summed E-state index contributed by atoms with van der Waals surface area (Å²) in [5.74, 6) is -10.8. The van der Waals surface area contributed by atoms with Gasteiger partial charge in [-0.05, 0) is 108 Å². The molecule has 0 spiro atoms. The maximum Gasteiger partial charge on any atom is 0.302 e. The lowest BCUT2D eigenvalue weighted by molar-refractivity contribution is -0.157. The van der Waals surface area contributed by atoms with E-state index in [9.17, 15) is 48.3 Å². The lowest BCUT2D eigenvalue weighted by atomic mass is 9.91. The molecule has 0 unspecified atom stereocenters. The normalized spacial score (nSPS) is 26.0. The lowest BCUT2D eigenvalue weighted by Gasteiger charge is -2.41. The van der Waals surface area contributed by atoms with Gasteiger partial charge in [0.15, 0.2) is 0 Å². The molecule has 0 aromatic heterocycles. The van der Waals surface area contributed by atoms with Crippen LogP contribution in [0.4, 0.5) is 0 Å². The van der Waals surface area contributed by atoms with Crippen molar-refractivity contribution in [1.29, 1.82) is 0 Å². The fourth-order valence-electron chi connectivity index (χ4n) is 11.2. The highest BCUT2D eigenvalue weighted by Crippen LogP contribution is 2.26. The van der Waals surface area contributed by atoms with Crippen molar-refractivity contribution in [1.82, 2.24) is 55.6 Å². The van der Waals surface area contributed by atoms with Gasteiger partial charge in [0.05, 0.1) is 25.4 Å². The molecule has 1 fully saturated rings. The van der Waals surface area contributed by atoms with E-state index in [0.717, 1.165) is 14.7 Å². The van der Waals surface area contributed by atoms with Gasteiger partial charge in [0, 0.05) is 62.9 Å². The molecule has 1 heterocycles. The van der Waals surface area contributed by atoms with E-state index in [-0.39, 0.29) is 63.1 Å². The number of hydrogen-bond acceptors (Lipinski definition) is 15. The molecule has 11 amide bonds. The van der Waals surface area contributed by atoms with Crippen molar-refractivity contribution in [2.75, 3.05) is 69.1 Å². The highest BCUT2D eigenvalue weighted by atomic mass is 16.5. The molecule has 0 bridgehead atoms. The van der Waals surface area contributed by atoms with Crippen LogP contribution >= 0.6 is 0 Å². The number of amides is 11. The molecule has 1 rings (SSSR count). The Kier molecular flexibility index (Phi) is 35.4. The number of carbonyl (C=O) groups is 12. The molecule has 26 heteroatoms. The van der Waals surface area contributed by atoms with Crippen molar-refractivity contribution in [2.45, 2.75) is 235 Å². The van der Waals surface area contributed by atoms with Gasteiger partial charge in [-0.1, -0.05) is 95.2 Å². The van der Waals surface area contributed by atoms with E-state index in [1.807, 2.05) is 41.5 Å². The van der Waals surface area contributed by atoms with E-state index in [0.29, 0.717) is 12.8 Å². The third kappa shape index (κ3) is 24.3. The number of likely N-dealkylation sites (N-methyl/N-ethyl adjacent to an activating group) is 7. The zero-order valence-electron chi connectivity index (χ0n) is 59.9. The third-order valence-electron chi connectivity index (χ3n) is 17.0. The Morgan fingerprint density at radius 1 is 0.533 bits per heavy atom. The van der Waals surface area contributed by atoms with Gasteiger partial charge in [-0.25, -0.2) is 0 Å². The first-order chi connectivity index (χ1) is 42.6. The largest absolute Gasteiger partial charge is 0.466 e. The van der Waals surface area contributed by atoms with E-state index in [1.165, 1.54) is 89.7 Å². The van der Waals surface area contributed by atoms with Crippen molar-refractivity contribution in [2.24, 2.45) is 35.5 Å². The molecule has 526 valence electrons. The van der Waals surface area contributed by atoms with E-state index in [1.54, 1.807) is 67.5 Å². The Bertz CT molecular complexity index is 2530. The Morgan fingerprint density at radius 3 is 1.49 bits per heavy atom. The first-order valence-electron chi connectivity index (χ1n) is 32.7. The highest BCUT2D eigenvalue weighted by Gasteiger charge is 2.46. The lowest BCUT2D eigenvalue weighted by Crippen LogP contribution is -2.63. The zero-order valence-corrected chi connectivity index (χ0v) is 59.9. The molecular weight excluding hydrogens is 1190 g/mol. The van der Waals surface area contributed by atoms with Gasteiger partial charge in [0.25, 0.3) is 0 Å². The standard InChI is InChI=1S/C66H117N11O15/c1-25-27-30-42(13)56(80)55-60(84)69-47(26-2)62(86)71(18)36-51(79)75(22)54(45(16)91-31-28-29-32-92-46(17)78)59(83)70-52(40(9)10)65(89)72(19)48(33-37(3)4)58(82)67-43(14)57(81)68-44(15)61(85)73(20)49(34-38(5)6)63(87)74(21)50(35-39(7)8)64(88)76(23)53(41(11)12)66(90)77(55)24/h25,27,37-45,47-50,52-56,80H,26,28-36H2,1-24H3,(H,67,82)(H,68,81)(H,69,84)(H,70,83)/b27-25+/t42-,43+,44-,45-,47+,48+,49+,50+,52+,53+,54+,55-,56-/m1/s1. The van der Waals surface area contributed by atoms with Crippen LogP contribution < -0.4 is 21.3 Å². The van der Waals surface area contributed by atoms with Crippen LogP contribution in [0.2, 0.25) is 0 Å². The highest BCUT2D eigenvalue weighted by molar-refractivity contribution is 5.99. The van der Waals surface area contributed by atoms with Crippen LogP contribution in [0, 0.1) is 35.5 Å². The summed E-state index contributed by atoms with van der Waals surface area (Å²) in [5, 5.41) is 23.1. The summed E-state index contributed by atoms with van der Waals surface area (Å²) in [6.07, 6.45) is 2.42. The summed E-state index contributed by atoms with van der Waals surface area (Å²) in [6, 6.07) is -13.1. The van der Waals surface area contributed by atoms with Crippen LogP contribution in [0.3, 0.4) is 0 Å². The summed E-state index contributed by atoms with van der Waals surface area (Å²) in [4.78, 5) is 181. The number of ether oxygens (including phenoxy) is 2. The van der Waals surface area contributed by atoms with E-state index >= 15 is 14.4 Å². The van der Waals surface area contributed by atoms with Crippen LogP contribution in [0.5, 0.6) is 0 Å². The van der Waals surface area contributed by atoms with Crippen molar-refractivity contribution < 1.29 is 72.1 Å². The monoisotopic (exact) mass is 1300 g/mol. The average Bonchev–Trinajstić information content (AvgIpc) is 0.831. The summed E-state index contributed by atoms with van der Waals surface area (Å²) < 4.78 is 11.2. The van der Waals surface area contributed by atoms with E-state index in [2.05, 4.69) is 21.3 Å². The van der Waals surface area contributed by atoms with Crippen molar-refractivity contribution in [3.63, 3.8) is 0 Å². The van der Waals surface area contributed by atoms with Gasteiger partial charge in [-0.2, -0.15) is 0 Å². The summed E-state index contributed by atoms with van der Waals surface area (Å²) in [7, 11) is 9.70. The van der Waals surface area contributed by atoms with Crippen LogP contribution in [0.15, 0.2) is 12.2 Å². The molecule has 0 aliphatic carbocycles. The molecule has 0 saturated carbocycles.